The van der Waals surface area contributed by atoms with Crippen molar-refractivity contribution in [2.75, 3.05) is 21.3 Å². The van der Waals surface area contributed by atoms with Crippen molar-refractivity contribution < 1.29 is 19.1 Å². The number of carbonyl (C=O) groups is 2. The lowest BCUT2D eigenvalue weighted by molar-refractivity contribution is 0.0664. The van der Waals surface area contributed by atoms with Gasteiger partial charge in [-0.25, -0.2) is 0 Å². The van der Waals surface area contributed by atoms with Gasteiger partial charge in [0.1, 0.15) is 11.1 Å². The summed E-state index contributed by atoms with van der Waals surface area (Å²) in [7, 11) is 5.00. The third kappa shape index (κ3) is 2.80. The lowest BCUT2D eigenvalue weighted by Gasteiger charge is -2.59. The Kier molecular flexibility index (Phi) is 4.82. The Morgan fingerprint density at radius 2 is 1.26 bits per heavy atom. The number of ether oxygens (including phenoxy) is 2. The van der Waals surface area contributed by atoms with Gasteiger partial charge in [0.15, 0.2) is 11.5 Å². The molecule has 1 N–H and O–H groups in total. The SMILES string of the molecule is COc1cc2c(cc1OC)C1=CC3(NC(=O)c4ccccc4)c4ccccc4C1(c1ccccc13)N(C)C2=O. The summed E-state index contributed by atoms with van der Waals surface area (Å²) in [5.74, 6) is 0.730. The summed E-state index contributed by atoms with van der Waals surface area (Å²) in [6.07, 6.45) is 2.13. The molecule has 4 aromatic rings. The average Bonchev–Trinajstić information content (AvgIpc) is 2.99. The Morgan fingerprint density at radius 1 is 0.744 bits per heavy atom. The topological polar surface area (TPSA) is 67.9 Å². The standard InChI is InChI=1S/C33H26N2O4/c1-35-31(37)22-18-29(39-3)28(38-2)17-21(22)27-19-32(34-30(36)20-11-5-4-6-12-20)23-13-7-9-15-25(23)33(27,35)26-16-10-8-14-24(26)32/h4-19H,1-3H3,(H,34,36). The number of benzene rings is 4. The van der Waals surface area contributed by atoms with Gasteiger partial charge in [-0.2, -0.15) is 0 Å². The Morgan fingerprint density at radius 3 is 1.82 bits per heavy atom. The Labute approximate surface area is 226 Å². The smallest absolute Gasteiger partial charge is 0.255 e. The Bertz CT molecular complexity index is 1680. The number of likely N-dealkylation sites (N-methyl/N-ethyl adjacent to an activating group) is 1. The van der Waals surface area contributed by atoms with Gasteiger partial charge in [-0.15, -0.1) is 0 Å². The van der Waals surface area contributed by atoms with E-state index >= 15 is 0 Å². The Balaban J connectivity index is 1.59. The summed E-state index contributed by atoms with van der Waals surface area (Å²) in [6.45, 7) is 0. The van der Waals surface area contributed by atoms with Crippen LogP contribution >= 0.6 is 0 Å². The van der Waals surface area contributed by atoms with Crippen molar-refractivity contribution in [1.82, 2.24) is 10.2 Å². The minimum absolute atomic E-state index is 0.115. The van der Waals surface area contributed by atoms with Crippen LogP contribution in [0.25, 0.3) is 5.57 Å². The molecule has 1 heterocycles. The van der Waals surface area contributed by atoms with Gasteiger partial charge in [0.05, 0.1) is 19.8 Å². The van der Waals surface area contributed by atoms with Gasteiger partial charge in [-0.3, -0.25) is 9.59 Å². The van der Waals surface area contributed by atoms with Crippen molar-refractivity contribution in [3.8, 4) is 11.5 Å². The second-order valence-corrected chi connectivity index (χ2v) is 10.1. The lowest BCUT2D eigenvalue weighted by Crippen LogP contribution is -2.62. The minimum Gasteiger partial charge on any atom is -0.493 e. The first-order chi connectivity index (χ1) is 19.0. The maximum Gasteiger partial charge on any atom is 0.255 e. The van der Waals surface area contributed by atoms with E-state index in [9.17, 15) is 9.59 Å². The van der Waals surface area contributed by atoms with E-state index in [2.05, 4.69) is 23.5 Å². The molecule has 2 bridgehead atoms. The molecule has 0 fully saturated rings. The van der Waals surface area contributed by atoms with Crippen LogP contribution in [-0.4, -0.2) is 38.0 Å². The van der Waals surface area contributed by atoms with E-state index in [4.69, 9.17) is 9.47 Å². The van der Waals surface area contributed by atoms with Crippen LogP contribution in [0.5, 0.6) is 11.5 Å². The van der Waals surface area contributed by atoms with Gasteiger partial charge in [-0.1, -0.05) is 66.7 Å². The number of methoxy groups -OCH3 is 2. The van der Waals surface area contributed by atoms with E-state index in [1.54, 1.807) is 20.3 Å². The van der Waals surface area contributed by atoms with Crippen molar-refractivity contribution in [3.63, 3.8) is 0 Å². The van der Waals surface area contributed by atoms with Crippen LogP contribution in [0.3, 0.4) is 0 Å². The largest absolute Gasteiger partial charge is 0.493 e. The number of hydrogen-bond acceptors (Lipinski definition) is 4. The number of nitrogens with zero attached hydrogens (tertiary/aromatic N) is 1. The van der Waals surface area contributed by atoms with Crippen LogP contribution < -0.4 is 14.8 Å². The minimum atomic E-state index is -0.956. The molecule has 192 valence electrons. The highest BCUT2D eigenvalue weighted by Crippen LogP contribution is 2.63. The second kappa shape index (κ2) is 8.08. The van der Waals surface area contributed by atoms with Gasteiger partial charge in [0.25, 0.3) is 11.8 Å². The number of fused-ring (bicyclic) bond motifs is 1. The molecular weight excluding hydrogens is 488 g/mol. The summed E-state index contributed by atoms with van der Waals surface area (Å²) >= 11 is 0. The number of carbonyl (C=O) groups excluding carboxylic acids is 2. The molecule has 39 heavy (non-hydrogen) atoms. The van der Waals surface area contributed by atoms with Gasteiger partial charge in [0, 0.05) is 12.6 Å². The Hall–Kier alpha value is -4.84. The molecule has 4 aliphatic rings. The highest BCUT2D eigenvalue weighted by atomic mass is 16.5. The fraction of sp³-hybridized carbons (Fsp3) is 0.152. The van der Waals surface area contributed by atoms with Gasteiger partial charge in [-0.05, 0) is 63.7 Å². The van der Waals surface area contributed by atoms with E-state index in [0.717, 1.165) is 33.4 Å². The van der Waals surface area contributed by atoms with E-state index in [1.807, 2.05) is 84.7 Å². The molecule has 0 atom stereocenters. The van der Waals surface area contributed by atoms with Crippen molar-refractivity contribution in [2.24, 2.45) is 0 Å². The first-order valence-electron chi connectivity index (χ1n) is 12.8. The number of hydrogen-bond donors (Lipinski definition) is 1. The predicted molar refractivity (Wildman–Crippen MR) is 148 cm³/mol. The summed E-state index contributed by atoms with van der Waals surface area (Å²) < 4.78 is 11.2. The zero-order chi connectivity index (χ0) is 26.9. The second-order valence-electron chi connectivity index (χ2n) is 10.1. The van der Waals surface area contributed by atoms with E-state index in [-0.39, 0.29) is 11.8 Å². The third-order valence-corrected chi connectivity index (χ3v) is 8.43. The zero-order valence-corrected chi connectivity index (χ0v) is 21.8. The van der Waals surface area contributed by atoms with E-state index in [1.165, 1.54) is 0 Å². The first-order valence-corrected chi connectivity index (χ1v) is 12.8. The van der Waals surface area contributed by atoms with E-state index in [0.29, 0.717) is 22.6 Å². The molecule has 0 saturated heterocycles. The van der Waals surface area contributed by atoms with Gasteiger partial charge in [0.2, 0.25) is 0 Å². The molecule has 0 saturated carbocycles. The van der Waals surface area contributed by atoms with Crippen LogP contribution in [-0.2, 0) is 11.1 Å². The third-order valence-electron chi connectivity index (χ3n) is 8.43. The van der Waals surface area contributed by atoms with Crippen LogP contribution in [0.15, 0.2) is 97.1 Å². The summed E-state index contributed by atoms with van der Waals surface area (Å²) in [6, 6.07) is 29.0. The van der Waals surface area contributed by atoms with Crippen LogP contribution in [0.1, 0.15) is 48.5 Å². The van der Waals surface area contributed by atoms with Crippen molar-refractivity contribution in [3.05, 3.63) is 136 Å². The molecule has 8 rings (SSSR count). The molecule has 3 aliphatic carbocycles. The van der Waals surface area contributed by atoms with Crippen molar-refractivity contribution in [2.45, 2.75) is 11.1 Å². The molecule has 1 spiro atoms. The van der Waals surface area contributed by atoms with E-state index < -0.39 is 11.1 Å². The van der Waals surface area contributed by atoms with Crippen LogP contribution in [0, 0.1) is 0 Å². The number of amides is 2. The molecule has 0 radical (unpaired) electrons. The molecule has 0 aromatic heterocycles. The van der Waals surface area contributed by atoms with Crippen molar-refractivity contribution >= 4 is 17.4 Å². The normalized spacial score (nSPS) is 21.7. The van der Waals surface area contributed by atoms with Gasteiger partial charge >= 0.3 is 0 Å². The summed E-state index contributed by atoms with van der Waals surface area (Å²) in [5.41, 5.74) is 4.77. The summed E-state index contributed by atoms with van der Waals surface area (Å²) in [5, 5.41) is 3.41. The predicted octanol–water partition coefficient (Wildman–Crippen LogP) is 5.12. The first kappa shape index (κ1) is 23.3. The molecule has 4 aromatic carbocycles. The fourth-order valence-corrected chi connectivity index (χ4v) is 6.78. The molecule has 1 aliphatic heterocycles. The molecule has 2 amide bonds. The number of rotatable bonds is 4. The average molecular weight is 515 g/mol. The lowest BCUT2D eigenvalue weighted by atomic mass is 9.53. The highest BCUT2D eigenvalue weighted by Gasteiger charge is 2.61. The molecule has 6 nitrogen and oxygen atoms in total. The highest BCUT2D eigenvalue weighted by molar-refractivity contribution is 6.09. The van der Waals surface area contributed by atoms with Crippen LogP contribution in [0.4, 0.5) is 0 Å². The monoisotopic (exact) mass is 514 g/mol. The molecule has 0 unspecified atom stereocenters. The zero-order valence-electron chi connectivity index (χ0n) is 21.8. The quantitative estimate of drug-likeness (QED) is 0.411. The maximum atomic E-state index is 14.1. The summed E-state index contributed by atoms with van der Waals surface area (Å²) in [4.78, 5) is 29.7. The fourth-order valence-electron chi connectivity index (χ4n) is 6.78. The maximum absolute atomic E-state index is 14.1. The van der Waals surface area contributed by atoms with Crippen LogP contribution in [0.2, 0.25) is 0 Å². The molecular formula is C33H26N2O4. The van der Waals surface area contributed by atoms with Crippen molar-refractivity contribution in [1.29, 1.82) is 0 Å². The van der Waals surface area contributed by atoms with Gasteiger partial charge < -0.3 is 19.7 Å². The number of nitrogens with one attached hydrogen (secondary N) is 1. The molecule has 6 heteroatoms.